The van der Waals surface area contributed by atoms with Crippen molar-refractivity contribution in [3.63, 3.8) is 0 Å². The molecule has 6 heteroatoms. The molecule has 0 N–H and O–H groups in total. The molecule has 2 aromatic carbocycles. The lowest BCUT2D eigenvalue weighted by molar-refractivity contribution is -0.216. The summed E-state index contributed by atoms with van der Waals surface area (Å²) in [5, 5.41) is 1.41. The third-order valence-electron chi connectivity index (χ3n) is 2.61. The van der Waals surface area contributed by atoms with Crippen LogP contribution >= 0.6 is 0 Å². The summed E-state index contributed by atoms with van der Waals surface area (Å²) in [4.78, 5) is 0.0877. The first-order valence-electron chi connectivity index (χ1n) is 5.55. The molecule has 0 amide bonds. The van der Waals surface area contributed by atoms with Crippen LogP contribution < -0.4 is 0 Å². The molecule has 0 unspecified atom stereocenters. The van der Waals surface area contributed by atoms with Crippen LogP contribution in [-0.2, 0) is 23.8 Å². The van der Waals surface area contributed by atoms with E-state index in [0.717, 1.165) is 5.39 Å². The minimum absolute atomic E-state index is 0.0877. The molecule has 0 spiro atoms. The maximum absolute atomic E-state index is 12.2. The molecule has 0 heterocycles. The number of hydrogen-bond acceptors (Lipinski definition) is 5. The zero-order valence-electron chi connectivity index (χ0n) is 10.6. The highest BCUT2D eigenvalue weighted by Crippen LogP contribution is 2.25. The Morgan fingerprint density at radius 1 is 0.947 bits per heavy atom. The van der Waals surface area contributed by atoms with Gasteiger partial charge in [0.05, 0.1) is 0 Å². The normalized spacial score (nSPS) is 12.2. The largest absolute Gasteiger partial charge is 0.332 e. The van der Waals surface area contributed by atoms with Crippen LogP contribution in [0.2, 0.25) is 0 Å². The van der Waals surface area contributed by atoms with Crippen molar-refractivity contribution in [1.29, 1.82) is 0 Å². The maximum atomic E-state index is 12.2. The first kappa shape index (κ1) is 14.0. The molecule has 2 rings (SSSR count). The van der Waals surface area contributed by atoms with Crippen molar-refractivity contribution in [1.82, 2.24) is 0 Å². The standard InChI is InChI=1S/C13H14O5S/c1-16-13(17-2)18-19(14,15)12-9-5-7-10-6-3-4-8-11(10)12/h3-9,13H,1-2H3. The van der Waals surface area contributed by atoms with Crippen molar-refractivity contribution in [2.75, 3.05) is 14.2 Å². The van der Waals surface area contributed by atoms with Crippen molar-refractivity contribution in [2.24, 2.45) is 0 Å². The van der Waals surface area contributed by atoms with Gasteiger partial charge in [-0.2, -0.15) is 8.42 Å². The molecule has 5 nitrogen and oxygen atoms in total. The van der Waals surface area contributed by atoms with Gasteiger partial charge in [0.2, 0.25) is 0 Å². The highest BCUT2D eigenvalue weighted by atomic mass is 32.2. The molecule has 0 aliphatic heterocycles. The average molecular weight is 282 g/mol. The van der Waals surface area contributed by atoms with Crippen LogP contribution in [0.1, 0.15) is 0 Å². The Morgan fingerprint density at radius 3 is 2.26 bits per heavy atom. The van der Waals surface area contributed by atoms with Crippen LogP contribution in [0.4, 0.5) is 0 Å². The van der Waals surface area contributed by atoms with E-state index in [2.05, 4.69) is 0 Å². The van der Waals surface area contributed by atoms with E-state index in [1.165, 1.54) is 20.3 Å². The second kappa shape index (κ2) is 5.66. The fraction of sp³-hybridized carbons (Fsp3) is 0.231. The first-order valence-corrected chi connectivity index (χ1v) is 6.96. The molecular weight excluding hydrogens is 268 g/mol. The quantitative estimate of drug-likeness (QED) is 0.621. The van der Waals surface area contributed by atoms with Gasteiger partial charge >= 0.3 is 10.1 Å². The van der Waals surface area contributed by atoms with E-state index in [-0.39, 0.29) is 4.90 Å². The fourth-order valence-corrected chi connectivity index (χ4v) is 2.91. The Bertz CT molecular complexity index is 656. The Hall–Kier alpha value is -1.47. The average Bonchev–Trinajstić information content (AvgIpc) is 2.44. The molecule has 0 bridgehead atoms. The van der Waals surface area contributed by atoms with Gasteiger partial charge in [0.25, 0.3) is 6.48 Å². The molecule has 0 aliphatic rings. The van der Waals surface area contributed by atoms with Crippen molar-refractivity contribution < 1.29 is 22.1 Å². The molecule has 0 fully saturated rings. The summed E-state index contributed by atoms with van der Waals surface area (Å²) in [6.07, 6.45) is 0. The van der Waals surface area contributed by atoms with Gasteiger partial charge in [-0.15, -0.1) is 0 Å². The van der Waals surface area contributed by atoms with Crippen LogP contribution in [0.5, 0.6) is 0 Å². The Labute approximate surface area is 111 Å². The van der Waals surface area contributed by atoms with E-state index in [0.29, 0.717) is 5.39 Å². The Balaban J connectivity index is 2.49. The van der Waals surface area contributed by atoms with E-state index in [1.807, 2.05) is 18.2 Å². The number of methoxy groups -OCH3 is 2. The predicted octanol–water partition coefficient (Wildman–Crippen LogP) is 2.12. The Kier molecular flexibility index (Phi) is 4.16. The van der Waals surface area contributed by atoms with E-state index in [9.17, 15) is 8.42 Å². The monoisotopic (exact) mass is 282 g/mol. The maximum Gasteiger partial charge on any atom is 0.301 e. The molecule has 0 radical (unpaired) electrons. The second-order valence-electron chi connectivity index (χ2n) is 3.79. The van der Waals surface area contributed by atoms with Gasteiger partial charge in [0.15, 0.2) is 0 Å². The van der Waals surface area contributed by atoms with Crippen LogP contribution in [0.25, 0.3) is 10.8 Å². The van der Waals surface area contributed by atoms with E-state index >= 15 is 0 Å². The number of fused-ring (bicyclic) bond motifs is 1. The molecule has 0 aromatic heterocycles. The summed E-state index contributed by atoms with van der Waals surface area (Å²) in [6.45, 7) is -1.26. The van der Waals surface area contributed by atoms with Crippen LogP contribution in [0.3, 0.4) is 0 Å². The molecule has 0 atom stereocenters. The van der Waals surface area contributed by atoms with Gasteiger partial charge in [-0.25, -0.2) is 4.18 Å². The highest BCUT2D eigenvalue weighted by molar-refractivity contribution is 7.87. The molecular formula is C13H14O5S. The lowest BCUT2D eigenvalue weighted by Gasteiger charge is -2.14. The van der Waals surface area contributed by atoms with Gasteiger partial charge in [-0.3, -0.25) is 0 Å². The lowest BCUT2D eigenvalue weighted by atomic mass is 10.1. The van der Waals surface area contributed by atoms with Crippen molar-refractivity contribution in [3.05, 3.63) is 42.5 Å². The number of hydrogen-bond donors (Lipinski definition) is 0. The summed E-state index contributed by atoms with van der Waals surface area (Å²) >= 11 is 0. The van der Waals surface area contributed by atoms with E-state index < -0.39 is 16.6 Å². The molecule has 2 aromatic rings. The van der Waals surface area contributed by atoms with E-state index in [4.69, 9.17) is 13.7 Å². The minimum atomic E-state index is -3.96. The zero-order chi connectivity index (χ0) is 13.9. The number of ether oxygens (including phenoxy) is 2. The number of rotatable bonds is 5. The summed E-state index contributed by atoms with van der Waals surface area (Å²) < 4.78 is 38.7. The summed E-state index contributed by atoms with van der Waals surface area (Å²) in [6, 6.07) is 12.1. The van der Waals surface area contributed by atoms with Gasteiger partial charge < -0.3 is 9.47 Å². The first-order chi connectivity index (χ1) is 9.08. The summed E-state index contributed by atoms with van der Waals surface area (Å²) in [7, 11) is -1.36. The van der Waals surface area contributed by atoms with Crippen LogP contribution in [0, 0.1) is 0 Å². The van der Waals surface area contributed by atoms with Crippen molar-refractivity contribution >= 4 is 20.9 Å². The highest BCUT2D eigenvalue weighted by Gasteiger charge is 2.23. The molecule has 19 heavy (non-hydrogen) atoms. The molecule has 0 saturated heterocycles. The van der Waals surface area contributed by atoms with Crippen LogP contribution in [0.15, 0.2) is 47.4 Å². The second-order valence-corrected chi connectivity index (χ2v) is 5.33. The number of benzene rings is 2. The fourth-order valence-electron chi connectivity index (χ4n) is 1.74. The van der Waals surface area contributed by atoms with Gasteiger partial charge in [-0.05, 0) is 11.5 Å². The molecule has 0 saturated carbocycles. The predicted molar refractivity (Wildman–Crippen MR) is 70.0 cm³/mol. The third kappa shape index (κ3) is 2.93. The van der Waals surface area contributed by atoms with E-state index in [1.54, 1.807) is 18.2 Å². The zero-order valence-corrected chi connectivity index (χ0v) is 11.4. The van der Waals surface area contributed by atoms with Crippen LogP contribution in [-0.4, -0.2) is 29.1 Å². The SMILES string of the molecule is COC(OC)OS(=O)(=O)c1cccc2ccccc12. The molecule has 0 aliphatic carbocycles. The van der Waals surface area contributed by atoms with Gasteiger partial charge in [0.1, 0.15) is 4.90 Å². The van der Waals surface area contributed by atoms with Gasteiger partial charge in [0, 0.05) is 19.6 Å². The summed E-state index contributed by atoms with van der Waals surface area (Å²) in [5.74, 6) is 0. The van der Waals surface area contributed by atoms with Gasteiger partial charge in [-0.1, -0.05) is 36.4 Å². The lowest BCUT2D eigenvalue weighted by Crippen LogP contribution is -2.22. The smallest absolute Gasteiger partial charge is 0.301 e. The Morgan fingerprint density at radius 2 is 1.58 bits per heavy atom. The molecule has 102 valence electrons. The minimum Gasteiger partial charge on any atom is -0.332 e. The third-order valence-corrected chi connectivity index (χ3v) is 3.91. The summed E-state index contributed by atoms with van der Waals surface area (Å²) in [5.41, 5.74) is 0. The topological polar surface area (TPSA) is 61.8 Å². The van der Waals surface area contributed by atoms with Crippen molar-refractivity contribution in [2.45, 2.75) is 11.4 Å². The van der Waals surface area contributed by atoms with Crippen molar-refractivity contribution in [3.8, 4) is 0 Å².